The van der Waals surface area contributed by atoms with Gasteiger partial charge in [-0.15, -0.1) is 0 Å². The Hall–Kier alpha value is -3.82. The Bertz CT molecular complexity index is 1320. The van der Waals surface area contributed by atoms with Crippen molar-refractivity contribution < 1.29 is 27.4 Å². The third-order valence-corrected chi connectivity index (χ3v) is 7.74. The van der Waals surface area contributed by atoms with Gasteiger partial charge in [0.05, 0.1) is 24.1 Å². The Kier molecular flexibility index (Phi) is 10.5. The van der Waals surface area contributed by atoms with Crippen LogP contribution >= 0.6 is 0 Å². The number of aryl methyl sites for hydroxylation is 1. The molecule has 10 heteroatoms. The van der Waals surface area contributed by atoms with E-state index in [4.69, 9.17) is 9.47 Å². The number of nitrogens with zero attached hydrogens (tertiary/aromatic N) is 4. The zero-order chi connectivity index (χ0) is 31.1. The summed E-state index contributed by atoms with van der Waals surface area (Å²) in [4.78, 5) is 26.2. The molecule has 1 fully saturated rings. The van der Waals surface area contributed by atoms with Crippen molar-refractivity contribution >= 4 is 12.0 Å². The number of aromatic nitrogens is 2. The van der Waals surface area contributed by atoms with Gasteiger partial charge in [0.25, 0.3) is 0 Å². The number of likely N-dealkylation sites (tertiary alicyclic amines) is 1. The number of halogens is 3. The summed E-state index contributed by atoms with van der Waals surface area (Å²) >= 11 is 0. The van der Waals surface area contributed by atoms with E-state index < -0.39 is 11.7 Å². The summed E-state index contributed by atoms with van der Waals surface area (Å²) in [5, 5.41) is 0. The first-order chi connectivity index (χ1) is 20.5. The van der Waals surface area contributed by atoms with Crippen LogP contribution in [0.3, 0.4) is 0 Å². The van der Waals surface area contributed by atoms with Gasteiger partial charge in [-0.25, -0.2) is 14.8 Å². The molecule has 1 saturated heterocycles. The number of anilines is 1. The normalized spacial score (nSPS) is 18.9. The molecule has 0 saturated carbocycles. The second-order valence-electron chi connectivity index (χ2n) is 11.4. The second-order valence-corrected chi connectivity index (χ2v) is 11.4. The third-order valence-electron chi connectivity index (χ3n) is 7.74. The Morgan fingerprint density at radius 2 is 1.63 bits per heavy atom. The minimum atomic E-state index is -4.46. The van der Waals surface area contributed by atoms with Gasteiger partial charge < -0.3 is 19.3 Å². The summed E-state index contributed by atoms with van der Waals surface area (Å²) in [6.45, 7) is 9.93. The van der Waals surface area contributed by atoms with Crippen molar-refractivity contribution in [2.45, 2.75) is 104 Å². The first kappa shape index (κ1) is 32.1. The van der Waals surface area contributed by atoms with Crippen LogP contribution in [0, 0.1) is 6.92 Å². The SMILES string of the molecule is CC[C@@H]1C[C@H](N(Cc2cc(C)cc(C(F)(F)F)c2)c2ncc(OCc3ccccc3)cn2)C[C@H](CC)N1C(=O)OC(C)C. The van der Waals surface area contributed by atoms with E-state index >= 15 is 0 Å². The van der Waals surface area contributed by atoms with E-state index in [2.05, 4.69) is 9.97 Å². The summed E-state index contributed by atoms with van der Waals surface area (Å²) in [5.41, 5.74) is 1.37. The average Bonchev–Trinajstić information content (AvgIpc) is 2.98. The lowest BCUT2D eigenvalue weighted by molar-refractivity contribution is -0.137. The van der Waals surface area contributed by atoms with Crippen molar-refractivity contribution in [2.24, 2.45) is 0 Å². The molecule has 7 nitrogen and oxygen atoms in total. The number of ether oxygens (including phenoxy) is 2. The van der Waals surface area contributed by atoms with E-state index in [1.54, 1.807) is 25.4 Å². The molecule has 1 aromatic heterocycles. The maximum Gasteiger partial charge on any atom is 0.416 e. The van der Waals surface area contributed by atoms with E-state index in [0.717, 1.165) is 11.6 Å². The van der Waals surface area contributed by atoms with Crippen molar-refractivity contribution in [1.82, 2.24) is 14.9 Å². The van der Waals surface area contributed by atoms with Gasteiger partial charge in [-0.3, -0.25) is 0 Å². The summed E-state index contributed by atoms with van der Waals surface area (Å²) < 4.78 is 52.6. The largest absolute Gasteiger partial charge is 0.486 e. The lowest BCUT2D eigenvalue weighted by Crippen LogP contribution is -2.57. The first-order valence-corrected chi connectivity index (χ1v) is 14.9. The standard InChI is InChI=1S/C33H41F3N4O3/c1-6-27-16-29(17-28(7-2)40(27)32(41)43-22(3)4)39(20-25-13-23(5)14-26(15-25)33(34,35)36)31-37-18-30(19-38-31)42-21-24-11-9-8-10-12-24/h8-15,18-19,22,27-29H,6-7,16-17,20-21H2,1-5H3/t27-,28+,29+. The fourth-order valence-corrected chi connectivity index (χ4v) is 5.74. The third kappa shape index (κ3) is 8.39. The zero-order valence-electron chi connectivity index (χ0n) is 25.5. The van der Waals surface area contributed by atoms with Crippen LogP contribution in [0.2, 0.25) is 0 Å². The van der Waals surface area contributed by atoms with Crippen LogP contribution < -0.4 is 9.64 Å². The smallest absolute Gasteiger partial charge is 0.416 e. The molecule has 2 aromatic carbocycles. The monoisotopic (exact) mass is 598 g/mol. The molecule has 0 spiro atoms. The number of rotatable bonds is 10. The van der Waals surface area contributed by atoms with Crippen molar-refractivity contribution in [3.8, 4) is 5.75 Å². The van der Waals surface area contributed by atoms with E-state index in [0.29, 0.717) is 55.1 Å². The molecule has 3 aromatic rings. The molecule has 0 radical (unpaired) electrons. The van der Waals surface area contributed by atoms with Crippen LogP contribution in [-0.4, -0.2) is 45.2 Å². The van der Waals surface area contributed by atoms with Gasteiger partial charge in [-0.05, 0) is 69.7 Å². The quantitative estimate of drug-likeness (QED) is 0.236. The number of piperidine rings is 1. The molecule has 1 aliphatic heterocycles. The van der Waals surface area contributed by atoms with Gasteiger partial charge in [0, 0.05) is 24.7 Å². The van der Waals surface area contributed by atoms with Crippen molar-refractivity contribution in [3.63, 3.8) is 0 Å². The number of hydrogen-bond donors (Lipinski definition) is 0. The molecule has 2 heterocycles. The van der Waals surface area contributed by atoms with Gasteiger partial charge in [-0.2, -0.15) is 13.2 Å². The summed E-state index contributed by atoms with van der Waals surface area (Å²) in [6.07, 6.45) is 0.802. The predicted octanol–water partition coefficient (Wildman–Crippen LogP) is 7.96. The van der Waals surface area contributed by atoms with Gasteiger partial charge >= 0.3 is 12.3 Å². The molecular formula is C33H41F3N4O3. The number of carbonyl (C=O) groups is 1. The van der Waals surface area contributed by atoms with E-state index in [9.17, 15) is 18.0 Å². The van der Waals surface area contributed by atoms with Gasteiger partial charge in [0.1, 0.15) is 6.61 Å². The van der Waals surface area contributed by atoms with Crippen LogP contribution in [0.5, 0.6) is 5.75 Å². The van der Waals surface area contributed by atoms with Gasteiger partial charge in [0.15, 0.2) is 5.75 Å². The molecule has 3 atom stereocenters. The number of carbonyl (C=O) groups excluding carboxylic acids is 1. The Labute approximate surface area is 252 Å². The number of hydrogen-bond acceptors (Lipinski definition) is 6. The van der Waals surface area contributed by atoms with E-state index in [1.807, 2.05) is 67.8 Å². The van der Waals surface area contributed by atoms with Gasteiger partial charge in [0.2, 0.25) is 5.95 Å². The highest BCUT2D eigenvalue weighted by molar-refractivity contribution is 5.69. The Balaban J connectivity index is 1.65. The van der Waals surface area contributed by atoms with Gasteiger partial charge in [-0.1, -0.05) is 55.8 Å². The van der Waals surface area contributed by atoms with Crippen LogP contribution in [0.15, 0.2) is 60.9 Å². The lowest BCUT2D eigenvalue weighted by Gasteiger charge is -2.47. The van der Waals surface area contributed by atoms with E-state index in [-0.39, 0.29) is 36.9 Å². The van der Waals surface area contributed by atoms with Crippen LogP contribution in [0.1, 0.15) is 75.6 Å². The fraction of sp³-hybridized carbons (Fsp3) is 0.485. The van der Waals surface area contributed by atoms with Crippen molar-refractivity contribution in [3.05, 3.63) is 83.2 Å². The van der Waals surface area contributed by atoms with Crippen molar-refractivity contribution in [1.29, 1.82) is 0 Å². The first-order valence-electron chi connectivity index (χ1n) is 14.9. The molecule has 0 unspecified atom stereocenters. The summed E-state index contributed by atoms with van der Waals surface area (Å²) in [7, 11) is 0. The average molecular weight is 599 g/mol. The molecule has 0 bridgehead atoms. The number of benzene rings is 2. The molecule has 1 aliphatic rings. The van der Waals surface area contributed by atoms with Crippen LogP contribution in [0.4, 0.5) is 23.9 Å². The molecule has 4 rings (SSSR count). The highest BCUT2D eigenvalue weighted by Crippen LogP contribution is 2.35. The zero-order valence-corrected chi connectivity index (χ0v) is 25.5. The molecule has 0 aliphatic carbocycles. The minimum absolute atomic E-state index is 0.103. The van der Waals surface area contributed by atoms with Crippen LogP contribution in [-0.2, 0) is 24.1 Å². The maximum atomic E-state index is 13.7. The minimum Gasteiger partial charge on any atom is -0.486 e. The van der Waals surface area contributed by atoms with E-state index in [1.165, 1.54) is 6.07 Å². The highest BCUT2D eigenvalue weighted by Gasteiger charge is 2.41. The topological polar surface area (TPSA) is 67.8 Å². The number of amides is 1. The Morgan fingerprint density at radius 1 is 1.00 bits per heavy atom. The van der Waals surface area contributed by atoms with Crippen molar-refractivity contribution in [2.75, 3.05) is 4.90 Å². The lowest BCUT2D eigenvalue weighted by atomic mass is 9.87. The van der Waals surface area contributed by atoms with Crippen LogP contribution in [0.25, 0.3) is 0 Å². The molecular weight excluding hydrogens is 557 g/mol. The fourth-order valence-electron chi connectivity index (χ4n) is 5.74. The molecule has 1 amide bonds. The highest BCUT2D eigenvalue weighted by atomic mass is 19.4. The molecule has 0 N–H and O–H groups in total. The number of alkyl halides is 3. The second kappa shape index (κ2) is 14.1. The molecule has 232 valence electrons. The molecule has 43 heavy (non-hydrogen) atoms. The summed E-state index contributed by atoms with van der Waals surface area (Å²) in [5.74, 6) is 0.890. The summed E-state index contributed by atoms with van der Waals surface area (Å²) in [6, 6.07) is 13.5. The predicted molar refractivity (Wildman–Crippen MR) is 160 cm³/mol. The maximum absolute atomic E-state index is 13.7. The Morgan fingerprint density at radius 3 is 2.19 bits per heavy atom.